The molecule has 2 aliphatic rings. The lowest BCUT2D eigenvalue weighted by atomic mass is 10.1. The Balaban J connectivity index is 2.30. The first-order valence-electron chi connectivity index (χ1n) is 5.26. The number of esters is 1. The lowest BCUT2D eigenvalue weighted by Gasteiger charge is -2.29. The molecule has 0 atom stereocenters. The number of carbonyl (C=O) groups is 1. The van der Waals surface area contributed by atoms with E-state index in [4.69, 9.17) is 4.74 Å². The molecule has 86 valence electrons. The molecule has 0 aliphatic carbocycles. The van der Waals surface area contributed by atoms with Gasteiger partial charge in [0.1, 0.15) is 5.57 Å². The van der Waals surface area contributed by atoms with E-state index in [0.29, 0.717) is 12.2 Å². The number of nitrogens with zero attached hydrogens (tertiary/aromatic N) is 2. The second-order valence-corrected chi connectivity index (χ2v) is 4.44. The molecule has 0 aromatic heterocycles. The molecule has 5 heteroatoms. The lowest BCUT2D eigenvalue weighted by molar-refractivity contribution is -0.137. The maximum Gasteiger partial charge on any atom is 0.341 e. The highest BCUT2D eigenvalue weighted by molar-refractivity contribution is 7.98. The number of carbonyl (C=O) groups excluding carboxylic acids is 1. The van der Waals surface area contributed by atoms with Crippen LogP contribution >= 0.6 is 11.9 Å². The van der Waals surface area contributed by atoms with Crippen molar-refractivity contribution in [2.75, 3.05) is 18.9 Å². The molecule has 2 rings (SSSR count). The van der Waals surface area contributed by atoms with E-state index in [1.165, 1.54) is 11.9 Å². The molecule has 0 aromatic rings. The molecular weight excluding hydrogens is 224 g/mol. The van der Waals surface area contributed by atoms with E-state index in [9.17, 15) is 4.79 Å². The summed E-state index contributed by atoms with van der Waals surface area (Å²) in [6.07, 6.45) is 3.85. The van der Waals surface area contributed by atoms with Crippen LogP contribution in [0.25, 0.3) is 0 Å². The fourth-order valence-corrected chi connectivity index (χ4v) is 2.36. The SMILES string of the molecule is CCOC(=O)C1=CC(C)=CN2CCSN=C12. The number of ether oxygens (including phenoxy) is 1. The van der Waals surface area contributed by atoms with Crippen molar-refractivity contribution >= 4 is 23.8 Å². The molecule has 0 N–H and O–H groups in total. The lowest BCUT2D eigenvalue weighted by Crippen LogP contribution is -2.36. The van der Waals surface area contributed by atoms with Crippen molar-refractivity contribution in [2.24, 2.45) is 4.40 Å². The molecule has 0 amide bonds. The Morgan fingerprint density at radius 2 is 2.50 bits per heavy atom. The third-order valence-corrected chi connectivity index (χ3v) is 2.98. The predicted octanol–water partition coefficient (Wildman–Crippen LogP) is 1.76. The van der Waals surface area contributed by atoms with E-state index in [1.54, 1.807) is 6.92 Å². The van der Waals surface area contributed by atoms with E-state index in [-0.39, 0.29) is 5.97 Å². The Labute approximate surface area is 99.2 Å². The highest BCUT2D eigenvalue weighted by Gasteiger charge is 2.27. The van der Waals surface area contributed by atoms with Gasteiger partial charge in [-0.2, -0.15) is 4.40 Å². The predicted molar refractivity (Wildman–Crippen MR) is 65.1 cm³/mol. The third-order valence-electron chi connectivity index (χ3n) is 2.31. The van der Waals surface area contributed by atoms with Crippen molar-refractivity contribution in [3.63, 3.8) is 0 Å². The van der Waals surface area contributed by atoms with Crippen LogP contribution in [0.4, 0.5) is 0 Å². The molecule has 0 fully saturated rings. The van der Waals surface area contributed by atoms with Crippen LogP contribution in [0.15, 0.2) is 27.8 Å². The van der Waals surface area contributed by atoms with Crippen molar-refractivity contribution in [3.8, 4) is 0 Å². The molecule has 0 unspecified atom stereocenters. The van der Waals surface area contributed by atoms with Gasteiger partial charge in [0.15, 0.2) is 5.84 Å². The molecule has 2 aliphatic heterocycles. The van der Waals surface area contributed by atoms with Crippen LogP contribution in [0, 0.1) is 0 Å². The summed E-state index contributed by atoms with van der Waals surface area (Å²) in [6.45, 7) is 5.05. The molecule has 0 aromatic carbocycles. The van der Waals surface area contributed by atoms with E-state index in [0.717, 1.165) is 23.7 Å². The van der Waals surface area contributed by atoms with Gasteiger partial charge in [-0.1, -0.05) is 0 Å². The van der Waals surface area contributed by atoms with Crippen molar-refractivity contribution in [2.45, 2.75) is 13.8 Å². The smallest absolute Gasteiger partial charge is 0.341 e. The summed E-state index contributed by atoms with van der Waals surface area (Å²) < 4.78 is 9.34. The Hall–Kier alpha value is -1.23. The van der Waals surface area contributed by atoms with Gasteiger partial charge in [-0.3, -0.25) is 0 Å². The van der Waals surface area contributed by atoms with Crippen molar-refractivity contribution in [1.82, 2.24) is 4.90 Å². The number of rotatable bonds is 2. The summed E-state index contributed by atoms with van der Waals surface area (Å²) in [4.78, 5) is 13.8. The molecule has 0 spiro atoms. The van der Waals surface area contributed by atoms with Gasteiger partial charge in [-0.15, -0.1) is 0 Å². The zero-order valence-corrected chi connectivity index (χ0v) is 10.2. The van der Waals surface area contributed by atoms with Gasteiger partial charge in [0.25, 0.3) is 0 Å². The van der Waals surface area contributed by atoms with Gasteiger partial charge >= 0.3 is 5.97 Å². The first kappa shape index (κ1) is 11.3. The Kier molecular flexibility index (Phi) is 3.33. The van der Waals surface area contributed by atoms with Gasteiger partial charge in [0.05, 0.1) is 6.61 Å². The van der Waals surface area contributed by atoms with E-state index >= 15 is 0 Å². The summed E-state index contributed by atoms with van der Waals surface area (Å²) in [5.41, 5.74) is 1.61. The monoisotopic (exact) mass is 238 g/mol. The molecule has 16 heavy (non-hydrogen) atoms. The first-order valence-corrected chi connectivity index (χ1v) is 6.21. The summed E-state index contributed by atoms with van der Waals surface area (Å²) in [5.74, 6) is 1.38. The summed E-state index contributed by atoms with van der Waals surface area (Å²) in [5, 5.41) is 0. The maximum atomic E-state index is 11.8. The summed E-state index contributed by atoms with van der Waals surface area (Å²) >= 11 is 1.49. The average molecular weight is 238 g/mol. The summed E-state index contributed by atoms with van der Waals surface area (Å²) in [7, 11) is 0. The van der Waals surface area contributed by atoms with Gasteiger partial charge in [0.2, 0.25) is 0 Å². The second kappa shape index (κ2) is 4.74. The van der Waals surface area contributed by atoms with Crippen molar-refractivity contribution in [3.05, 3.63) is 23.4 Å². The van der Waals surface area contributed by atoms with Gasteiger partial charge in [-0.25, -0.2) is 4.79 Å². The fraction of sp³-hybridized carbons (Fsp3) is 0.455. The largest absolute Gasteiger partial charge is 0.462 e. The molecule has 0 saturated heterocycles. The number of hydrogen-bond acceptors (Lipinski definition) is 5. The zero-order valence-electron chi connectivity index (χ0n) is 9.40. The van der Waals surface area contributed by atoms with Crippen LogP contribution in [0.3, 0.4) is 0 Å². The normalized spacial score (nSPS) is 19.4. The van der Waals surface area contributed by atoms with E-state index < -0.39 is 0 Å². The average Bonchev–Trinajstić information content (AvgIpc) is 2.28. The molecule has 0 saturated carbocycles. The Morgan fingerprint density at radius 3 is 3.25 bits per heavy atom. The Morgan fingerprint density at radius 1 is 1.69 bits per heavy atom. The zero-order chi connectivity index (χ0) is 11.5. The highest BCUT2D eigenvalue weighted by Crippen LogP contribution is 2.23. The molecule has 2 heterocycles. The standard InChI is InChI=1S/C11H14N2O2S/c1-3-15-11(14)9-6-8(2)7-13-4-5-16-12-10(9)13/h6-7H,3-5H2,1-2H3. The number of hydrogen-bond donors (Lipinski definition) is 0. The molecule has 4 nitrogen and oxygen atoms in total. The summed E-state index contributed by atoms with van der Waals surface area (Å²) in [6, 6.07) is 0. The number of amidine groups is 1. The number of fused-ring (bicyclic) bond motifs is 1. The highest BCUT2D eigenvalue weighted by atomic mass is 32.2. The third kappa shape index (κ3) is 2.14. The molecule has 0 bridgehead atoms. The van der Waals surface area contributed by atoms with Crippen LogP contribution in [0.1, 0.15) is 13.8 Å². The van der Waals surface area contributed by atoms with Gasteiger partial charge < -0.3 is 9.64 Å². The minimum absolute atomic E-state index is 0.291. The van der Waals surface area contributed by atoms with Crippen LogP contribution in [0.5, 0.6) is 0 Å². The minimum Gasteiger partial charge on any atom is -0.462 e. The van der Waals surface area contributed by atoms with Gasteiger partial charge in [0, 0.05) is 18.5 Å². The quantitative estimate of drug-likeness (QED) is 0.543. The van der Waals surface area contributed by atoms with Crippen molar-refractivity contribution in [1.29, 1.82) is 0 Å². The van der Waals surface area contributed by atoms with Crippen LogP contribution in [0.2, 0.25) is 0 Å². The maximum absolute atomic E-state index is 11.8. The minimum atomic E-state index is -0.291. The van der Waals surface area contributed by atoms with Crippen LogP contribution in [-0.2, 0) is 9.53 Å². The molecular formula is C11H14N2O2S. The second-order valence-electron chi connectivity index (χ2n) is 3.59. The van der Waals surface area contributed by atoms with Crippen LogP contribution in [-0.4, -0.2) is 35.6 Å². The first-order chi connectivity index (χ1) is 7.72. The van der Waals surface area contributed by atoms with E-state index in [1.807, 2.05) is 24.1 Å². The topological polar surface area (TPSA) is 41.9 Å². The van der Waals surface area contributed by atoms with Crippen molar-refractivity contribution < 1.29 is 9.53 Å². The number of allylic oxidation sites excluding steroid dienone is 2. The fourth-order valence-electron chi connectivity index (χ4n) is 1.67. The molecule has 0 radical (unpaired) electrons. The van der Waals surface area contributed by atoms with E-state index in [2.05, 4.69) is 4.40 Å². The van der Waals surface area contributed by atoms with Crippen LogP contribution < -0.4 is 0 Å². The van der Waals surface area contributed by atoms with Gasteiger partial charge in [-0.05, 0) is 37.4 Å². The Bertz CT molecular complexity index is 399.